The Balaban J connectivity index is 2.27. The normalized spacial score (nSPS) is 11.4. The Kier molecular flexibility index (Phi) is 5.69. The quantitative estimate of drug-likeness (QED) is 0.800. The minimum absolute atomic E-state index is 0.154. The van der Waals surface area contributed by atoms with Crippen molar-refractivity contribution >= 4 is 11.9 Å². The number of carbonyl (C=O) groups excluding carboxylic acids is 1. The van der Waals surface area contributed by atoms with Crippen LogP contribution in [0.15, 0.2) is 35.1 Å². The van der Waals surface area contributed by atoms with Crippen LogP contribution in [0.3, 0.4) is 0 Å². The first kappa shape index (κ1) is 19.5. The van der Waals surface area contributed by atoms with Crippen molar-refractivity contribution in [3.05, 3.63) is 51.9 Å². The summed E-state index contributed by atoms with van der Waals surface area (Å²) in [7, 11) is 1.64. The number of benzene rings is 1. The second-order valence-electron chi connectivity index (χ2n) is 7.04. The van der Waals surface area contributed by atoms with Crippen LogP contribution in [0.2, 0.25) is 0 Å². The molecule has 7 nitrogen and oxygen atoms in total. The maximum atomic E-state index is 12.6. The molecular weight excluding hydrogens is 336 g/mol. The smallest absolute Gasteiger partial charge is 0.343 e. The number of hydrogen-bond acceptors (Lipinski definition) is 4. The number of carboxylic acids is 1. The molecule has 1 aromatic carbocycles. The fraction of sp³-hybridized carbons (Fsp3) is 0.421. The number of carboxylic acid groups (broad SMARTS) is 1. The fourth-order valence-corrected chi connectivity index (χ4v) is 2.80. The van der Waals surface area contributed by atoms with Crippen LogP contribution in [0.5, 0.6) is 0 Å². The molecule has 0 bridgehead atoms. The highest BCUT2D eigenvalue weighted by Crippen LogP contribution is 2.15. The molecule has 26 heavy (non-hydrogen) atoms. The zero-order valence-corrected chi connectivity index (χ0v) is 15.5. The molecule has 140 valence electrons. The predicted octanol–water partition coefficient (Wildman–Crippen LogP) is 2.54. The van der Waals surface area contributed by atoms with Crippen molar-refractivity contribution in [2.75, 3.05) is 0 Å². The first-order chi connectivity index (χ1) is 12.1. The summed E-state index contributed by atoms with van der Waals surface area (Å²) in [5.41, 5.74) is -0.442. The maximum absolute atomic E-state index is 12.6. The summed E-state index contributed by atoms with van der Waals surface area (Å²) < 4.78 is 8.12. The van der Waals surface area contributed by atoms with E-state index < -0.39 is 17.1 Å². The summed E-state index contributed by atoms with van der Waals surface area (Å²) >= 11 is 0. The lowest BCUT2D eigenvalue weighted by Gasteiger charge is -2.19. The van der Waals surface area contributed by atoms with Gasteiger partial charge in [-0.3, -0.25) is 14.3 Å². The maximum Gasteiger partial charge on any atom is 0.343 e. The van der Waals surface area contributed by atoms with Gasteiger partial charge >= 0.3 is 11.9 Å². The molecule has 7 heteroatoms. The Bertz CT molecular complexity index is 857. The summed E-state index contributed by atoms with van der Waals surface area (Å²) in [5, 5.41) is 9.47. The van der Waals surface area contributed by atoms with Crippen LogP contribution in [-0.2, 0) is 23.0 Å². The largest absolute Gasteiger partial charge is 0.477 e. The zero-order chi connectivity index (χ0) is 19.5. The Hall–Kier alpha value is -2.83. The second kappa shape index (κ2) is 7.59. The van der Waals surface area contributed by atoms with E-state index in [9.17, 15) is 19.5 Å². The highest BCUT2D eigenvalue weighted by molar-refractivity contribution is 5.88. The molecule has 0 amide bonds. The number of hydrogen-bond donors (Lipinski definition) is 1. The van der Waals surface area contributed by atoms with Crippen LogP contribution in [0.1, 0.15) is 49.7 Å². The molecule has 0 spiro atoms. The fourth-order valence-electron chi connectivity index (χ4n) is 2.80. The molecule has 0 radical (unpaired) electrons. The van der Waals surface area contributed by atoms with Crippen LogP contribution in [-0.4, -0.2) is 32.0 Å². The highest BCUT2D eigenvalue weighted by atomic mass is 16.6. The number of carbonyl (C=O) groups is 2. The number of para-hydroxylation sites is 1. The Labute approximate surface area is 151 Å². The number of esters is 1. The molecule has 0 fully saturated rings. The van der Waals surface area contributed by atoms with E-state index in [1.165, 1.54) is 9.36 Å². The molecule has 0 atom stereocenters. The van der Waals surface area contributed by atoms with Crippen LogP contribution >= 0.6 is 0 Å². The van der Waals surface area contributed by atoms with Gasteiger partial charge < -0.3 is 9.84 Å². The molecule has 0 aliphatic rings. The molecule has 0 saturated heterocycles. The predicted molar refractivity (Wildman–Crippen MR) is 96.8 cm³/mol. The van der Waals surface area contributed by atoms with Crippen molar-refractivity contribution in [1.82, 2.24) is 9.36 Å². The van der Waals surface area contributed by atoms with Crippen LogP contribution in [0.4, 0.5) is 0 Å². The summed E-state index contributed by atoms with van der Waals surface area (Å²) in [6.07, 6.45) is 0.828. The minimum Gasteiger partial charge on any atom is -0.477 e. The van der Waals surface area contributed by atoms with Gasteiger partial charge in [0.15, 0.2) is 0 Å². The van der Waals surface area contributed by atoms with Gasteiger partial charge in [-0.1, -0.05) is 18.2 Å². The lowest BCUT2D eigenvalue weighted by Crippen LogP contribution is -2.23. The molecule has 2 rings (SSSR count). The lowest BCUT2D eigenvalue weighted by atomic mass is 10.1. The second-order valence-corrected chi connectivity index (χ2v) is 7.04. The Morgan fingerprint density at radius 2 is 1.77 bits per heavy atom. The molecule has 1 aromatic heterocycles. The summed E-state index contributed by atoms with van der Waals surface area (Å²) in [6.45, 7) is 5.37. The van der Waals surface area contributed by atoms with Gasteiger partial charge in [-0.05, 0) is 45.7 Å². The molecular formula is C19H24N2O5. The van der Waals surface area contributed by atoms with E-state index in [1.807, 2.05) is 6.07 Å². The third-order valence-electron chi connectivity index (χ3n) is 3.81. The highest BCUT2D eigenvalue weighted by Gasteiger charge is 2.24. The number of nitrogens with zero attached hydrogens (tertiary/aromatic N) is 2. The van der Waals surface area contributed by atoms with Gasteiger partial charge in [-0.25, -0.2) is 9.48 Å². The molecule has 0 aliphatic heterocycles. The van der Waals surface area contributed by atoms with Gasteiger partial charge in [0, 0.05) is 13.5 Å². The lowest BCUT2D eigenvalue weighted by molar-refractivity contribution is -0.154. The van der Waals surface area contributed by atoms with E-state index in [1.54, 1.807) is 52.1 Å². The van der Waals surface area contributed by atoms with Crippen LogP contribution in [0, 0.1) is 0 Å². The Morgan fingerprint density at radius 3 is 2.31 bits per heavy atom. The van der Waals surface area contributed by atoms with Gasteiger partial charge in [0.05, 0.1) is 11.4 Å². The summed E-state index contributed by atoms with van der Waals surface area (Å²) in [5.74, 6) is -1.62. The van der Waals surface area contributed by atoms with Crippen molar-refractivity contribution in [3.8, 4) is 5.69 Å². The summed E-state index contributed by atoms with van der Waals surface area (Å²) in [6, 6.07) is 8.83. The van der Waals surface area contributed by atoms with Crippen molar-refractivity contribution < 1.29 is 19.4 Å². The van der Waals surface area contributed by atoms with Crippen molar-refractivity contribution in [1.29, 1.82) is 0 Å². The molecule has 1 heterocycles. The third kappa shape index (κ3) is 4.41. The molecule has 0 saturated carbocycles. The topological polar surface area (TPSA) is 90.5 Å². The zero-order valence-electron chi connectivity index (χ0n) is 15.5. The number of rotatable bonds is 6. The first-order valence-electron chi connectivity index (χ1n) is 8.43. The van der Waals surface area contributed by atoms with E-state index in [-0.39, 0.29) is 24.4 Å². The third-order valence-corrected chi connectivity index (χ3v) is 3.81. The average molecular weight is 360 g/mol. The first-order valence-corrected chi connectivity index (χ1v) is 8.43. The molecule has 0 unspecified atom stereocenters. The van der Waals surface area contributed by atoms with E-state index in [4.69, 9.17) is 4.74 Å². The number of aromatic nitrogens is 2. The van der Waals surface area contributed by atoms with Gasteiger partial charge in [-0.15, -0.1) is 0 Å². The van der Waals surface area contributed by atoms with Gasteiger partial charge in [0.25, 0.3) is 5.56 Å². The monoisotopic (exact) mass is 360 g/mol. The van der Waals surface area contributed by atoms with Crippen LogP contribution < -0.4 is 5.56 Å². The van der Waals surface area contributed by atoms with Crippen LogP contribution in [0.25, 0.3) is 5.69 Å². The standard InChI is InChI=1S/C19H24N2O5/c1-19(2,3)26-15(22)12-8-11-14-16(18(24)25)17(23)21(20(14)4)13-9-6-5-7-10-13/h5-7,9-10H,8,11-12H2,1-4H3,(H,24,25). The van der Waals surface area contributed by atoms with E-state index in [2.05, 4.69) is 0 Å². The number of ether oxygens (including phenoxy) is 1. The van der Waals surface area contributed by atoms with Crippen molar-refractivity contribution in [2.24, 2.45) is 7.05 Å². The van der Waals surface area contributed by atoms with E-state index in [0.717, 1.165) is 0 Å². The number of aromatic carboxylic acids is 1. The minimum atomic E-state index is -1.27. The van der Waals surface area contributed by atoms with Gasteiger partial charge in [-0.2, -0.15) is 0 Å². The van der Waals surface area contributed by atoms with Crippen molar-refractivity contribution in [2.45, 2.75) is 45.6 Å². The van der Waals surface area contributed by atoms with Gasteiger partial charge in [0.1, 0.15) is 11.2 Å². The molecule has 2 aromatic rings. The van der Waals surface area contributed by atoms with E-state index in [0.29, 0.717) is 17.8 Å². The summed E-state index contributed by atoms with van der Waals surface area (Å²) in [4.78, 5) is 36.0. The van der Waals surface area contributed by atoms with Crippen molar-refractivity contribution in [3.63, 3.8) is 0 Å². The SMILES string of the molecule is Cn1c(CCCC(=O)OC(C)(C)C)c(C(=O)O)c(=O)n1-c1ccccc1. The molecule has 0 aliphatic carbocycles. The van der Waals surface area contributed by atoms with Gasteiger partial charge in [0.2, 0.25) is 0 Å². The Morgan fingerprint density at radius 1 is 1.15 bits per heavy atom. The average Bonchev–Trinajstić information content (AvgIpc) is 2.77. The molecule has 1 N–H and O–H groups in total. The van der Waals surface area contributed by atoms with E-state index >= 15 is 0 Å².